The molecule has 1 amide bonds. The van der Waals surface area contributed by atoms with E-state index in [0.717, 1.165) is 24.2 Å². The molecular formula is C15H23N2O4S+. The van der Waals surface area contributed by atoms with Crippen LogP contribution in [0.15, 0.2) is 29.2 Å². The molecule has 2 N–H and O–H groups in total. The van der Waals surface area contributed by atoms with E-state index < -0.39 is 9.84 Å². The van der Waals surface area contributed by atoms with Crippen LogP contribution in [0.4, 0.5) is 5.69 Å². The van der Waals surface area contributed by atoms with Crippen molar-refractivity contribution in [3.05, 3.63) is 24.3 Å². The van der Waals surface area contributed by atoms with Gasteiger partial charge < -0.3 is 15.0 Å². The van der Waals surface area contributed by atoms with Crippen LogP contribution in [0.25, 0.3) is 0 Å². The number of hydrogen-bond acceptors (Lipinski definition) is 4. The number of rotatable bonds is 4. The maximum Gasteiger partial charge on any atom is 0.279 e. The first-order valence-corrected chi connectivity index (χ1v) is 9.23. The van der Waals surface area contributed by atoms with Crippen LogP contribution in [-0.4, -0.2) is 52.4 Å². The first-order valence-electron chi connectivity index (χ1n) is 7.33. The highest BCUT2D eigenvalue weighted by Crippen LogP contribution is 2.20. The van der Waals surface area contributed by atoms with Crippen molar-refractivity contribution in [1.82, 2.24) is 0 Å². The minimum atomic E-state index is -3.37. The summed E-state index contributed by atoms with van der Waals surface area (Å²) in [6.45, 7) is 5.83. The van der Waals surface area contributed by atoms with Gasteiger partial charge in [-0.05, 0) is 26.0 Å². The largest absolute Gasteiger partial charge is 0.364 e. The van der Waals surface area contributed by atoms with Crippen molar-refractivity contribution < 1.29 is 22.8 Å². The molecule has 7 heteroatoms. The van der Waals surface area contributed by atoms with Crippen molar-refractivity contribution in [2.24, 2.45) is 0 Å². The second kappa shape index (κ2) is 6.76. The van der Waals surface area contributed by atoms with Gasteiger partial charge in [-0.1, -0.05) is 12.1 Å². The number of nitrogens with one attached hydrogen (secondary N) is 2. The minimum absolute atomic E-state index is 0.120. The number of sulfone groups is 1. The van der Waals surface area contributed by atoms with E-state index in [-0.39, 0.29) is 23.0 Å². The molecule has 2 rings (SSSR count). The molecule has 3 atom stereocenters. The lowest BCUT2D eigenvalue weighted by Gasteiger charge is -2.31. The Morgan fingerprint density at radius 3 is 2.45 bits per heavy atom. The summed E-state index contributed by atoms with van der Waals surface area (Å²) in [6.07, 6.45) is 1.37. The molecule has 1 unspecified atom stereocenters. The summed E-state index contributed by atoms with van der Waals surface area (Å²) in [5.41, 5.74) is 0.337. The van der Waals surface area contributed by atoms with Crippen LogP contribution in [0.5, 0.6) is 0 Å². The molecule has 122 valence electrons. The Morgan fingerprint density at radius 1 is 1.27 bits per heavy atom. The third-order valence-electron chi connectivity index (χ3n) is 3.59. The third-order valence-corrected chi connectivity index (χ3v) is 4.74. The molecule has 0 saturated carbocycles. The summed E-state index contributed by atoms with van der Waals surface area (Å²) in [6, 6.07) is 6.45. The van der Waals surface area contributed by atoms with E-state index in [1.54, 1.807) is 18.2 Å². The lowest BCUT2D eigenvalue weighted by Crippen LogP contribution is -3.16. The number of hydrogen-bond donors (Lipinski definition) is 2. The Labute approximate surface area is 131 Å². The predicted octanol–water partition coefficient (Wildman–Crippen LogP) is -0.279. The molecular weight excluding hydrogens is 304 g/mol. The second-order valence-corrected chi connectivity index (χ2v) is 7.89. The van der Waals surface area contributed by atoms with E-state index in [1.807, 2.05) is 13.8 Å². The summed E-state index contributed by atoms with van der Waals surface area (Å²) < 4.78 is 29.1. The van der Waals surface area contributed by atoms with E-state index in [1.165, 1.54) is 6.07 Å². The second-order valence-electron chi connectivity index (χ2n) is 5.91. The summed E-state index contributed by atoms with van der Waals surface area (Å²) in [5.74, 6) is -0.188. The van der Waals surface area contributed by atoms with E-state index in [0.29, 0.717) is 12.2 Å². The predicted molar refractivity (Wildman–Crippen MR) is 83.8 cm³/mol. The van der Waals surface area contributed by atoms with Crippen LogP contribution in [-0.2, 0) is 19.4 Å². The third kappa shape index (κ3) is 4.53. The van der Waals surface area contributed by atoms with Gasteiger partial charge in [-0.25, -0.2) is 8.42 Å². The molecule has 0 aliphatic carbocycles. The Hall–Kier alpha value is -1.44. The van der Waals surface area contributed by atoms with Gasteiger partial charge in [0, 0.05) is 6.26 Å². The molecule has 1 aliphatic heterocycles. The zero-order chi connectivity index (χ0) is 16.3. The summed E-state index contributed by atoms with van der Waals surface area (Å²) in [5, 5.41) is 2.71. The number of para-hydroxylation sites is 1. The topological polar surface area (TPSA) is 76.9 Å². The van der Waals surface area contributed by atoms with Gasteiger partial charge in [-0.3, -0.25) is 4.79 Å². The van der Waals surface area contributed by atoms with Crippen LogP contribution in [0.3, 0.4) is 0 Å². The van der Waals surface area contributed by atoms with Gasteiger partial charge in [0.25, 0.3) is 5.91 Å². The molecule has 1 heterocycles. The summed E-state index contributed by atoms with van der Waals surface area (Å²) in [4.78, 5) is 13.5. The van der Waals surface area contributed by atoms with Gasteiger partial charge in [0.05, 0.1) is 10.6 Å². The fourth-order valence-electron chi connectivity index (χ4n) is 2.85. The Kier molecular flexibility index (Phi) is 5.20. The molecule has 1 aromatic carbocycles. The minimum Gasteiger partial charge on any atom is -0.364 e. The molecule has 0 radical (unpaired) electrons. The maximum absolute atomic E-state index is 12.2. The number of carbonyl (C=O) groups excluding carboxylic acids is 1. The van der Waals surface area contributed by atoms with Crippen LogP contribution in [0, 0.1) is 0 Å². The van der Waals surface area contributed by atoms with Gasteiger partial charge in [-0.2, -0.15) is 0 Å². The van der Waals surface area contributed by atoms with Crippen molar-refractivity contribution in [3.8, 4) is 0 Å². The van der Waals surface area contributed by atoms with Crippen LogP contribution >= 0.6 is 0 Å². The maximum atomic E-state index is 12.2. The molecule has 1 fully saturated rings. The molecule has 1 aliphatic rings. The van der Waals surface area contributed by atoms with Crippen LogP contribution in [0.1, 0.15) is 13.8 Å². The highest BCUT2D eigenvalue weighted by Gasteiger charge is 2.27. The summed E-state index contributed by atoms with van der Waals surface area (Å²) in [7, 11) is -3.37. The number of carbonyl (C=O) groups is 1. The fourth-order valence-corrected chi connectivity index (χ4v) is 3.69. The fraction of sp³-hybridized carbons (Fsp3) is 0.533. The van der Waals surface area contributed by atoms with Crippen molar-refractivity contribution in [2.75, 3.05) is 31.2 Å². The number of quaternary nitrogens is 1. The normalized spacial score (nSPS) is 25.7. The van der Waals surface area contributed by atoms with Crippen molar-refractivity contribution >= 4 is 21.4 Å². The van der Waals surface area contributed by atoms with Crippen molar-refractivity contribution in [1.29, 1.82) is 0 Å². The highest BCUT2D eigenvalue weighted by atomic mass is 32.2. The van der Waals surface area contributed by atoms with E-state index in [4.69, 9.17) is 4.74 Å². The van der Waals surface area contributed by atoms with Gasteiger partial charge in [0.2, 0.25) is 0 Å². The van der Waals surface area contributed by atoms with Gasteiger partial charge in [0.1, 0.15) is 25.3 Å². The smallest absolute Gasteiger partial charge is 0.279 e. The Balaban J connectivity index is 2.04. The van der Waals surface area contributed by atoms with Crippen LogP contribution in [0.2, 0.25) is 0 Å². The average Bonchev–Trinajstić information content (AvgIpc) is 2.36. The first kappa shape index (κ1) is 16.9. The van der Waals surface area contributed by atoms with Gasteiger partial charge in [0.15, 0.2) is 16.4 Å². The van der Waals surface area contributed by atoms with Crippen LogP contribution < -0.4 is 10.2 Å². The molecule has 0 aromatic heterocycles. The zero-order valence-electron chi connectivity index (χ0n) is 13.1. The molecule has 1 saturated heterocycles. The highest BCUT2D eigenvalue weighted by molar-refractivity contribution is 7.90. The molecule has 6 nitrogen and oxygen atoms in total. The number of anilines is 1. The molecule has 0 spiro atoms. The van der Waals surface area contributed by atoms with E-state index >= 15 is 0 Å². The Morgan fingerprint density at radius 2 is 1.86 bits per heavy atom. The molecule has 22 heavy (non-hydrogen) atoms. The number of morpholine rings is 1. The lowest BCUT2D eigenvalue weighted by molar-refractivity contribution is -0.907. The van der Waals surface area contributed by atoms with Crippen molar-refractivity contribution in [3.63, 3.8) is 0 Å². The molecule has 0 bridgehead atoms. The van der Waals surface area contributed by atoms with Gasteiger partial charge in [-0.15, -0.1) is 0 Å². The SMILES string of the molecule is C[C@@H]1C[NH+](CC(=O)Nc2ccccc2S(C)(=O)=O)C[C@H](C)O1. The van der Waals surface area contributed by atoms with Crippen molar-refractivity contribution in [2.45, 2.75) is 31.0 Å². The molecule has 1 aromatic rings. The quantitative estimate of drug-likeness (QED) is 0.797. The standard InChI is InChI=1S/C15H22N2O4S/c1-11-8-17(9-12(2)21-11)10-15(18)16-13-6-4-5-7-14(13)22(3,19)20/h4-7,11-12H,8-10H2,1-3H3,(H,16,18)/p+1/t11-,12+. The van der Waals surface area contributed by atoms with E-state index in [2.05, 4.69) is 5.32 Å². The first-order chi connectivity index (χ1) is 10.3. The Bertz CT molecular complexity index is 635. The lowest BCUT2D eigenvalue weighted by atomic mass is 10.2. The zero-order valence-corrected chi connectivity index (χ0v) is 13.9. The average molecular weight is 327 g/mol. The number of ether oxygens (including phenoxy) is 1. The summed E-state index contributed by atoms with van der Waals surface area (Å²) >= 11 is 0. The van der Waals surface area contributed by atoms with Gasteiger partial charge >= 0.3 is 0 Å². The van der Waals surface area contributed by atoms with E-state index in [9.17, 15) is 13.2 Å². The monoisotopic (exact) mass is 327 g/mol. The number of benzene rings is 1. The number of amides is 1.